The van der Waals surface area contributed by atoms with E-state index >= 15 is 0 Å². The van der Waals surface area contributed by atoms with Gasteiger partial charge in [0.1, 0.15) is 17.4 Å². The molecule has 0 radical (unpaired) electrons. The van der Waals surface area contributed by atoms with Gasteiger partial charge in [0.2, 0.25) is 0 Å². The molecule has 0 bridgehead atoms. The van der Waals surface area contributed by atoms with Crippen molar-refractivity contribution in [1.82, 2.24) is 0 Å². The summed E-state index contributed by atoms with van der Waals surface area (Å²) in [6, 6.07) is 20.0. The molecule has 3 rings (SSSR count). The standard InChI is InChI=1S/C23H13Cl2IN2O3/c24-16-3-10-20(21(25)12-16)23(30)31-19-8-1-14(2-9-19)11-15(13-27)22(29)28-18-6-4-17(26)5-7-18/h1-12H,(H,28,29)/b15-11-. The number of esters is 1. The second kappa shape index (κ2) is 10.4. The first kappa shape index (κ1) is 22.8. The van der Waals surface area contributed by atoms with Crippen LogP contribution in [0, 0.1) is 14.9 Å². The summed E-state index contributed by atoms with van der Waals surface area (Å²) in [4.78, 5) is 24.6. The number of benzene rings is 3. The zero-order valence-corrected chi connectivity index (χ0v) is 19.4. The topological polar surface area (TPSA) is 79.2 Å². The third-order valence-electron chi connectivity index (χ3n) is 4.02. The highest BCUT2D eigenvalue weighted by Crippen LogP contribution is 2.23. The lowest BCUT2D eigenvalue weighted by Gasteiger charge is -2.07. The van der Waals surface area contributed by atoms with Crippen LogP contribution >= 0.6 is 45.8 Å². The highest BCUT2D eigenvalue weighted by Gasteiger charge is 2.14. The Labute approximate surface area is 202 Å². The van der Waals surface area contributed by atoms with Crippen LogP contribution in [0.25, 0.3) is 6.08 Å². The van der Waals surface area contributed by atoms with E-state index in [-0.39, 0.29) is 21.9 Å². The number of carbonyl (C=O) groups excluding carboxylic acids is 2. The molecule has 0 saturated carbocycles. The Hall–Kier alpha value is -2.86. The Morgan fingerprint density at radius 3 is 2.29 bits per heavy atom. The molecule has 0 atom stereocenters. The lowest BCUT2D eigenvalue weighted by Crippen LogP contribution is -2.13. The first-order valence-electron chi connectivity index (χ1n) is 8.82. The molecule has 154 valence electrons. The molecule has 1 amide bonds. The van der Waals surface area contributed by atoms with Gasteiger partial charge in [-0.25, -0.2) is 4.79 Å². The maximum Gasteiger partial charge on any atom is 0.345 e. The number of anilines is 1. The number of amides is 1. The predicted octanol–water partition coefficient (Wildman–Crippen LogP) is 6.36. The predicted molar refractivity (Wildman–Crippen MR) is 129 cm³/mol. The van der Waals surface area contributed by atoms with Crippen molar-refractivity contribution in [2.75, 3.05) is 5.32 Å². The van der Waals surface area contributed by atoms with Gasteiger partial charge in [-0.05, 0) is 88.8 Å². The number of nitrogens with zero attached hydrogens (tertiary/aromatic N) is 1. The normalized spacial score (nSPS) is 10.8. The summed E-state index contributed by atoms with van der Waals surface area (Å²) in [5.41, 5.74) is 1.32. The lowest BCUT2D eigenvalue weighted by molar-refractivity contribution is -0.112. The average Bonchev–Trinajstić information content (AvgIpc) is 2.74. The average molecular weight is 563 g/mol. The molecule has 0 fully saturated rings. The van der Waals surface area contributed by atoms with E-state index in [1.807, 2.05) is 18.2 Å². The zero-order chi connectivity index (χ0) is 22.4. The van der Waals surface area contributed by atoms with Crippen LogP contribution in [-0.2, 0) is 4.79 Å². The van der Waals surface area contributed by atoms with Gasteiger partial charge in [0.05, 0.1) is 10.6 Å². The van der Waals surface area contributed by atoms with E-state index < -0.39 is 11.9 Å². The number of hydrogen-bond acceptors (Lipinski definition) is 4. The number of nitriles is 1. The van der Waals surface area contributed by atoms with Crippen molar-refractivity contribution in [3.8, 4) is 11.8 Å². The summed E-state index contributed by atoms with van der Waals surface area (Å²) in [5, 5.41) is 12.6. The molecule has 8 heteroatoms. The summed E-state index contributed by atoms with van der Waals surface area (Å²) in [6.07, 6.45) is 1.45. The van der Waals surface area contributed by atoms with Crippen molar-refractivity contribution in [2.45, 2.75) is 0 Å². The fourth-order valence-corrected chi connectivity index (χ4v) is 3.34. The molecule has 0 unspecified atom stereocenters. The summed E-state index contributed by atoms with van der Waals surface area (Å²) in [6.45, 7) is 0. The third kappa shape index (κ3) is 6.31. The second-order valence-electron chi connectivity index (χ2n) is 6.21. The Morgan fingerprint density at radius 2 is 1.68 bits per heavy atom. The minimum absolute atomic E-state index is 0.0590. The van der Waals surface area contributed by atoms with Gasteiger partial charge in [-0.2, -0.15) is 5.26 Å². The maximum absolute atomic E-state index is 12.4. The third-order valence-corrected chi connectivity index (χ3v) is 5.29. The van der Waals surface area contributed by atoms with E-state index in [4.69, 9.17) is 27.9 Å². The maximum atomic E-state index is 12.4. The van der Waals surface area contributed by atoms with Gasteiger partial charge in [-0.3, -0.25) is 4.79 Å². The number of ether oxygens (including phenoxy) is 1. The SMILES string of the molecule is N#C/C(=C/c1ccc(OC(=O)c2ccc(Cl)cc2Cl)cc1)C(=O)Nc1ccc(I)cc1. The largest absolute Gasteiger partial charge is 0.423 e. The Balaban J connectivity index is 1.69. The fraction of sp³-hybridized carbons (Fsp3) is 0. The molecule has 3 aromatic rings. The van der Waals surface area contributed by atoms with Crippen molar-refractivity contribution < 1.29 is 14.3 Å². The number of rotatable bonds is 5. The molecule has 0 aliphatic carbocycles. The minimum atomic E-state index is -0.625. The van der Waals surface area contributed by atoms with Crippen molar-refractivity contribution in [3.63, 3.8) is 0 Å². The van der Waals surface area contributed by atoms with Crippen LogP contribution in [-0.4, -0.2) is 11.9 Å². The van der Waals surface area contributed by atoms with E-state index in [1.54, 1.807) is 42.5 Å². The van der Waals surface area contributed by atoms with Gasteiger partial charge >= 0.3 is 5.97 Å². The zero-order valence-electron chi connectivity index (χ0n) is 15.7. The van der Waals surface area contributed by atoms with Crippen molar-refractivity contribution in [3.05, 3.63) is 97.0 Å². The summed E-state index contributed by atoms with van der Waals surface area (Å²) in [7, 11) is 0. The Bertz CT molecular complexity index is 1200. The number of hydrogen-bond donors (Lipinski definition) is 1. The molecule has 31 heavy (non-hydrogen) atoms. The molecule has 0 heterocycles. The van der Waals surface area contributed by atoms with Gasteiger partial charge in [-0.15, -0.1) is 0 Å². The molecule has 3 aromatic carbocycles. The van der Waals surface area contributed by atoms with E-state index in [9.17, 15) is 14.9 Å². The molecule has 0 spiro atoms. The molecule has 5 nitrogen and oxygen atoms in total. The fourth-order valence-electron chi connectivity index (χ4n) is 2.50. The van der Waals surface area contributed by atoms with Gasteiger partial charge in [0, 0.05) is 14.3 Å². The smallest absolute Gasteiger partial charge is 0.345 e. The number of halogens is 3. The lowest BCUT2D eigenvalue weighted by atomic mass is 10.1. The van der Waals surface area contributed by atoms with Crippen LogP contribution in [0.5, 0.6) is 5.75 Å². The highest BCUT2D eigenvalue weighted by molar-refractivity contribution is 14.1. The highest BCUT2D eigenvalue weighted by atomic mass is 127. The van der Waals surface area contributed by atoms with E-state index in [0.29, 0.717) is 16.3 Å². The molecular weight excluding hydrogens is 550 g/mol. The van der Waals surface area contributed by atoms with Crippen LogP contribution in [0.4, 0.5) is 5.69 Å². The quantitative estimate of drug-likeness (QED) is 0.129. The summed E-state index contributed by atoms with van der Waals surface area (Å²) >= 11 is 14.0. The van der Waals surface area contributed by atoms with Crippen LogP contribution in [0.15, 0.2) is 72.3 Å². The molecule has 0 aromatic heterocycles. The Morgan fingerprint density at radius 1 is 1.00 bits per heavy atom. The van der Waals surface area contributed by atoms with Gasteiger partial charge in [0.25, 0.3) is 5.91 Å². The van der Waals surface area contributed by atoms with Crippen LogP contribution in [0.2, 0.25) is 10.0 Å². The van der Waals surface area contributed by atoms with Crippen LogP contribution < -0.4 is 10.1 Å². The van der Waals surface area contributed by atoms with Gasteiger partial charge < -0.3 is 10.1 Å². The van der Waals surface area contributed by atoms with Crippen molar-refractivity contribution in [2.24, 2.45) is 0 Å². The number of carbonyl (C=O) groups is 2. The van der Waals surface area contributed by atoms with E-state index in [2.05, 4.69) is 27.9 Å². The van der Waals surface area contributed by atoms with E-state index in [0.717, 1.165) is 3.57 Å². The molecule has 0 saturated heterocycles. The Kier molecular flexibility index (Phi) is 7.69. The number of nitrogens with one attached hydrogen (secondary N) is 1. The van der Waals surface area contributed by atoms with Crippen LogP contribution in [0.1, 0.15) is 15.9 Å². The second-order valence-corrected chi connectivity index (χ2v) is 8.30. The van der Waals surface area contributed by atoms with Gasteiger partial charge in [0.15, 0.2) is 0 Å². The summed E-state index contributed by atoms with van der Waals surface area (Å²) in [5.74, 6) is -0.855. The molecule has 0 aliphatic heterocycles. The molecule has 0 aliphatic rings. The monoisotopic (exact) mass is 562 g/mol. The summed E-state index contributed by atoms with van der Waals surface area (Å²) < 4.78 is 6.34. The van der Waals surface area contributed by atoms with Gasteiger partial charge in [-0.1, -0.05) is 35.3 Å². The van der Waals surface area contributed by atoms with E-state index in [1.165, 1.54) is 18.2 Å². The van der Waals surface area contributed by atoms with Crippen molar-refractivity contribution in [1.29, 1.82) is 5.26 Å². The first-order valence-corrected chi connectivity index (χ1v) is 10.6. The minimum Gasteiger partial charge on any atom is -0.423 e. The molecular formula is C23H13Cl2IN2O3. The first-order chi connectivity index (χ1) is 14.9. The van der Waals surface area contributed by atoms with Crippen molar-refractivity contribution >= 4 is 69.4 Å². The van der Waals surface area contributed by atoms with Crippen LogP contribution in [0.3, 0.4) is 0 Å². The molecule has 1 N–H and O–H groups in total.